The first-order valence-electron chi connectivity index (χ1n) is 24.4. The molecule has 0 heterocycles. The van der Waals surface area contributed by atoms with Crippen LogP contribution in [0.4, 0.5) is 0 Å². The SMILES string of the molecule is CCCCCCCCCC/C=C\CCCCCCCCCC(=O)OC[C@H](COP(=O)(O)OCC[N+](C)(C)C)OC(=O)CCCCCCCCCCCCCCCCC. The fourth-order valence-electron chi connectivity index (χ4n) is 6.95. The minimum absolute atomic E-state index is 0.0344. The molecule has 58 heavy (non-hydrogen) atoms. The third-order valence-electron chi connectivity index (χ3n) is 10.8. The first kappa shape index (κ1) is 56.8. The summed E-state index contributed by atoms with van der Waals surface area (Å²) < 4.78 is 34.4. The number of ether oxygens (including phenoxy) is 2. The standard InChI is InChI=1S/C48H94NO8P/c1-6-8-10-12-14-16-18-20-22-23-24-25-27-28-30-32-34-36-38-40-47(50)54-44-46(45-56-58(52,53)55-43-42-49(3,4)5)57-48(51)41-39-37-35-33-31-29-26-21-19-17-15-13-11-9-7-2/h23-24,46H,6-22,25-45H2,1-5H3/p+1/b24-23-/t46-/m1/s1. The number of hydrogen-bond donors (Lipinski definition) is 1. The van der Waals surface area contributed by atoms with Gasteiger partial charge in [0.15, 0.2) is 6.10 Å². The van der Waals surface area contributed by atoms with E-state index in [0.29, 0.717) is 17.4 Å². The van der Waals surface area contributed by atoms with Crippen LogP contribution < -0.4 is 0 Å². The number of esters is 2. The van der Waals surface area contributed by atoms with Crippen molar-refractivity contribution in [2.24, 2.45) is 0 Å². The van der Waals surface area contributed by atoms with Crippen LogP contribution in [0, 0.1) is 0 Å². The van der Waals surface area contributed by atoms with Crippen LogP contribution in [0.2, 0.25) is 0 Å². The van der Waals surface area contributed by atoms with Gasteiger partial charge >= 0.3 is 19.8 Å². The Hall–Kier alpha value is -1.25. The number of quaternary nitrogens is 1. The Kier molecular flexibility index (Phi) is 40.2. The van der Waals surface area contributed by atoms with Crippen LogP contribution in [0.3, 0.4) is 0 Å². The van der Waals surface area contributed by atoms with Gasteiger partial charge < -0.3 is 18.9 Å². The smallest absolute Gasteiger partial charge is 0.462 e. The van der Waals surface area contributed by atoms with E-state index < -0.39 is 26.5 Å². The summed E-state index contributed by atoms with van der Waals surface area (Å²) in [5.74, 6) is -0.790. The Morgan fingerprint density at radius 1 is 0.517 bits per heavy atom. The molecule has 0 amide bonds. The number of carbonyl (C=O) groups is 2. The third-order valence-corrected chi connectivity index (χ3v) is 11.8. The fraction of sp³-hybridized carbons (Fsp3) is 0.917. The second-order valence-corrected chi connectivity index (χ2v) is 19.3. The maximum Gasteiger partial charge on any atom is 0.472 e. The minimum atomic E-state index is -4.37. The molecular formula is C48H95NO8P+. The third kappa shape index (κ3) is 44.3. The Labute approximate surface area is 358 Å². The molecule has 344 valence electrons. The molecule has 2 atom stereocenters. The Bertz CT molecular complexity index is 1000. The monoisotopic (exact) mass is 845 g/mol. The summed E-state index contributed by atoms with van der Waals surface area (Å²) in [5, 5.41) is 0. The van der Waals surface area contributed by atoms with Crippen LogP contribution in [0.1, 0.15) is 232 Å². The van der Waals surface area contributed by atoms with Gasteiger partial charge in [0.1, 0.15) is 19.8 Å². The lowest BCUT2D eigenvalue weighted by atomic mass is 10.0. The Morgan fingerprint density at radius 3 is 1.28 bits per heavy atom. The van der Waals surface area contributed by atoms with Gasteiger partial charge in [-0.1, -0.05) is 193 Å². The number of phosphoric ester groups is 1. The lowest BCUT2D eigenvalue weighted by molar-refractivity contribution is -0.870. The van der Waals surface area contributed by atoms with Gasteiger partial charge in [-0.3, -0.25) is 18.6 Å². The Morgan fingerprint density at radius 2 is 0.879 bits per heavy atom. The van der Waals surface area contributed by atoms with Gasteiger partial charge in [0.05, 0.1) is 27.7 Å². The highest BCUT2D eigenvalue weighted by molar-refractivity contribution is 7.47. The normalized spacial score (nSPS) is 13.6. The second kappa shape index (κ2) is 41.1. The minimum Gasteiger partial charge on any atom is -0.462 e. The van der Waals surface area contributed by atoms with Gasteiger partial charge in [0, 0.05) is 12.8 Å². The molecule has 0 aliphatic heterocycles. The highest BCUT2D eigenvalue weighted by Gasteiger charge is 2.27. The molecule has 0 aliphatic carbocycles. The first-order chi connectivity index (χ1) is 28.0. The number of unbranched alkanes of at least 4 members (excludes halogenated alkanes) is 29. The molecule has 0 saturated heterocycles. The highest BCUT2D eigenvalue weighted by atomic mass is 31.2. The van der Waals surface area contributed by atoms with Crippen LogP contribution >= 0.6 is 7.82 Å². The quantitative estimate of drug-likeness (QED) is 0.0212. The topological polar surface area (TPSA) is 108 Å². The van der Waals surface area contributed by atoms with Gasteiger partial charge in [-0.2, -0.15) is 0 Å². The van der Waals surface area contributed by atoms with Crippen LogP contribution in [0.25, 0.3) is 0 Å². The summed E-state index contributed by atoms with van der Waals surface area (Å²) in [6, 6.07) is 0. The van der Waals surface area contributed by atoms with E-state index in [2.05, 4.69) is 26.0 Å². The lowest BCUT2D eigenvalue weighted by Gasteiger charge is -2.24. The van der Waals surface area contributed by atoms with Gasteiger partial charge in [-0.25, -0.2) is 4.57 Å². The summed E-state index contributed by atoms with van der Waals surface area (Å²) in [4.78, 5) is 35.5. The number of hydrogen-bond acceptors (Lipinski definition) is 7. The van der Waals surface area contributed by atoms with E-state index in [1.165, 1.54) is 167 Å². The number of likely N-dealkylation sites (N-methyl/N-ethyl adjacent to an activating group) is 1. The van der Waals surface area contributed by atoms with Crippen molar-refractivity contribution in [3.8, 4) is 0 Å². The summed E-state index contributed by atoms with van der Waals surface area (Å²) in [5.41, 5.74) is 0. The summed E-state index contributed by atoms with van der Waals surface area (Å²) >= 11 is 0. The number of carbonyl (C=O) groups excluding carboxylic acids is 2. The molecule has 0 bridgehead atoms. The molecule has 0 rings (SSSR count). The molecule has 0 radical (unpaired) electrons. The zero-order valence-electron chi connectivity index (χ0n) is 38.8. The van der Waals surface area contributed by atoms with Crippen LogP contribution in [0.5, 0.6) is 0 Å². The second-order valence-electron chi connectivity index (χ2n) is 17.9. The predicted molar refractivity (Wildman–Crippen MR) is 243 cm³/mol. The van der Waals surface area contributed by atoms with Crippen LogP contribution in [0.15, 0.2) is 12.2 Å². The maximum absolute atomic E-state index is 12.7. The van der Waals surface area contributed by atoms with Gasteiger partial charge in [0.2, 0.25) is 0 Å². The van der Waals surface area contributed by atoms with E-state index in [0.717, 1.165) is 32.1 Å². The average Bonchev–Trinajstić information content (AvgIpc) is 3.17. The molecule has 0 aromatic carbocycles. The van der Waals surface area contributed by atoms with Gasteiger partial charge in [0.25, 0.3) is 0 Å². The van der Waals surface area contributed by atoms with E-state index in [4.69, 9.17) is 18.5 Å². The zero-order chi connectivity index (χ0) is 42.8. The zero-order valence-corrected chi connectivity index (χ0v) is 39.7. The van der Waals surface area contributed by atoms with Crippen LogP contribution in [-0.2, 0) is 32.7 Å². The van der Waals surface area contributed by atoms with E-state index in [9.17, 15) is 19.0 Å². The summed E-state index contributed by atoms with van der Waals surface area (Å²) in [6.45, 7) is 4.46. The molecule has 1 N–H and O–H groups in total. The molecule has 0 aromatic rings. The molecule has 1 unspecified atom stereocenters. The van der Waals surface area contributed by atoms with Crippen molar-refractivity contribution in [3.05, 3.63) is 12.2 Å². The number of allylic oxidation sites excluding steroid dienone is 2. The molecule has 0 fully saturated rings. The highest BCUT2D eigenvalue weighted by Crippen LogP contribution is 2.43. The first-order valence-corrected chi connectivity index (χ1v) is 25.9. The number of rotatable bonds is 45. The molecule has 9 nitrogen and oxygen atoms in total. The average molecular weight is 845 g/mol. The van der Waals surface area contributed by atoms with Crippen molar-refractivity contribution in [1.29, 1.82) is 0 Å². The maximum atomic E-state index is 12.7. The molecule has 10 heteroatoms. The molecule has 0 spiro atoms. The molecule has 0 aliphatic rings. The van der Waals surface area contributed by atoms with Crippen molar-refractivity contribution < 1.29 is 42.1 Å². The molecule has 0 saturated carbocycles. The fourth-order valence-corrected chi connectivity index (χ4v) is 7.69. The Balaban J connectivity index is 4.26. The van der Waals surface area contributed by atoms with E-state index in [1.807, 2.05) is 21.1 Å². The van der Waals surface area contributed by atoms with Crippen molar-refractivity contribution in [1.82, 2.24) is 0 Å². The van der Waals surface area contributed by atoms with Crippen molar-refractivity contribution in [2.45, 2.75) is 238 Å². The van der Waals surface area contributed by atoms with Crippen molar-refractivity contribution >= 4 is 19.8 Å². The predicted octanol–water partition coefficient (Wildman–Crippen LogP) is 14.1. The van der Waals surface area contributed by atoms with E-state index in [1.54, 1.807) is 0 Å². The lowest BCUT2D eigenvalue weighted by Crippen LogP contribution is -2.37. The largest absolute Gasteiger partial charge is 0.472 e. The van der Waals surface area contributed by atoms with Crippen molar-refractivity contribution in [3.63, 3.8) is 0 Å². The van der Waals surface area contributed by atoms with Crippen molar-refractivity contribution in [2.75, 3.05) is 47.5 Å². The van der Waals surface area contributed by atoms with E-state index in [-0.39, 0.29) is 32.0 Å². The van der Waals surface area contributed by atoms with Gasteiger partial charge in [-0.05, 0) is 38.5 Å². The summed E-state index contributed by atoms with van der Waals surface area (Å²) in [6.07, 6.45) is 44.0. The van der Waals surface area contributed by atoms with E-state index >= 15 is 0 Å². The van der Waals surface area contributed by atoms with Gasteiger partial charge in [-0.15, -0.1) is 0 Å². The van der Waals surface area contributed by atoms with Crippen LogP contribution in [-0.4, -0.2) is 74.9 Å². The summed E-state index contributed by atoms with van der Waals surface area (Å²) in [7, 11) is 1.49. The molecule has 0 aromatic heterocycles. The number of phosphoric acid groups is 1. The number of nitrogens with zero attached hydrogens (tertiary/aromatic N) is 1. The molecular weight excluding hydrogens is 750 g/mol.